The second-order valence-corrected chi connectivity index (χ2v) is 3.14. The maximum atomic E-state index is 5.82. The lowest BCUT2D eigenvalue weighted by Gasteiger charge is -2.00. The van der Waals surface area contributed by atoms with Crippen molar-refractivity contribution in [3.8, 4) is 0 Å². The van der Waals surface area contributed by atoms with E-state index in [1.807, 2.05) is 37.4 Å². The minimum atomic E-state index is 0.770. The Hall–Kier alpha value is -1.21. The van der Waals surface area contributed by atoms with Crippen LogP contribution in [0.25, 0.3) is 6.08 Å². The number of aryl methyl sites for hydroxylation is 1. The molecule has 0 spiro atoms. The van der Waals surface area contributed by atoms with E-state index in [4.69, 9.17) is 11.6 Å². The zero-order valence-electron chi connectivity index (χ0n) is 7.55. The summed E-state index contributed by atoms with van der Waals surface area (Å²) >= 11 is 5.82. The zero-order chi connectivity index (χ0) is 9.68. The van der Waals surface area contributed by atoms with Gasteiger partial charge in [-0.15, -0.1) is 0 Å². The molecule has 0 aliphatic carbocycles. The van der Waals surface area contributed by atoms with Gasteiger partial charge in [-0.3, -0.25) is 0 Å². The second-order valence-electron chi connectivity index (χ2n) is 2.71. The Morgan fingerprint density at radius 2 is 2.23 bits per heavy atom. The Morgan fingerprint density at radius 1 is 1.46 bits per heavy atom. The number of benzene rings is 1. The SMILES string of the molecule is C=CN/C=C\c1ccc(Cl)cc1C. The molecule has 0 aliphatic heterocycles. The van der Waals surface area contributed by atoms with Crippen molar-refractivity contribution in [2.24, 2.45) is 0 Å². The minimum Gasteiger partial charge on any atom is -0.368 e. The Kier molecular flexibility index (Phi) is 3.59. The van der Waals surface area contributed by atoms with E-state index in [-0.39, 0.29) is 0 Å². The number of hydrogen-bond donors (Lipinski definition) is 1. The molecule has 1 aromatic rings. The van der Waals surface area contributed by atoms with Crippen LogP contribution in [0.5, 0.6) is 0 Å². The largest absolute Gasteiger partial charge is 0.368 e. The van der Waals surface area contributed by atoms with Crippen LogP contribution in [0.3, 0.4) is 0 Å². The fraction of sp³-hybridized carbons (Fsp3) is 0.0909. The van der Waals surface area contributed by atoms with E-state index in [0.717, 1.165) is 16.1 Å². The van der Waals surface area contributed by atoms with Crippen molar-refractivity contribution in [1.82, 2.24) is 5.32 Å². The second kappa shape index (κ2) is 4.73. The predicted molar refractivity (Wildman–Crippen MR) is 58.6 cm³/mol. The minimum absolute atomic E-state index is 0.770. The molecule has 0 aromatic heterocycles. The first kappa shape index (κ1) is 9.87. The standard InChI is InChI=1S/C11H12ClN/c1-3-13-7-6-10-4-5-11(12)8-9(10)2/h3-8,13H,1H2,2H3/b7-6-. The van der Waals surface area contributed by atoms with Crippen molar-refractivity contribution < 1.29 is 0 Å². The lowest BCUT2D eigenvalue weighted by atomic mass is 10.1. The van der Waals surface area contributed by atoms with Crippen LogP contribution in [-0.4, -0.2) is 0 Å². The van der Waals surface area contributed by atoms with Gasteiger partial charge in [0.05, 0.1) is 0 Å². The van der Waals surface area contributed by atoms with E-state index in [9.17, 15) is 0 Å². The van der Waals surface area contributed by atoms with Gasteiger partial charge in [-0.2, -0.15) is 0 Å². The topological polar surface area (TPSA) is 12.0 Å². The molecule has 0 saturated carbocycles. The van der Waals surface area contributed by atoms with Crippen molar-refractivity contribution in [2.75, 3.05) is 0 Å². The van der Waals surface area contributed by atoms with Crippen LogP contribution in [-0.2, 0) is 0 Å². The van der Waals surface area contributed by atoms with Crippen LogP contribution in [0.4, 0.5) is 0 Å². The van der Waals surface area contributed by atoms with Gasteiger partial charge in [-0.25, -0.2) is 0 Å². The Balaban J connectivity index is 2.83. The molecule has 0 radical (unpaired) electrons. The van der Waals surface area contributed by atoms with E-state index >= 15 is 0 Å². The van der Waals surface area contributed by atoms with Gasteiger partial charge in [-0.1, -0.05) is 24.2 Å². The Bertz CT molecular complexity index is 329. The molecular weight excluding hydrogens is 182 g/mol. The first-order chi connectivity index (χ1) is 6.24. The van der Waals surface area contributed by atoms with Crippen LogP contribution in [0, 0.1) is 6.92 Å². The van der Waals surface area contributed by atoms with E-state index in [1.165, 1.54) is 0 Å². The molecule has 0 aliphatic rings. The number of rotatable bonds is 3. The van der Waals surface area contributed by atoms with E-state index in [0.29, 0.717) is 0 Å². The lowest BCUT2D eigenvalue weighted by Crippen LogP contribution is -1.89. The van der Waals surface area contributed by atoms with Crippen molar-refractivity contribution in [1.29, 1.82) is 0 Å². The van der Waals surface area contributed by atoms with Gasteiger partial charge in [0.1, 0.15) is 0 Å². The molecule has 0 heterocycles. The van der Waals surface area contributed by atoms with Crippen molar-refractivity contribution in [2.45, 2.75) is 6.92 Å². The van der Waals surface area contributed by atoms with Gasteiger partial charge in [0.15, 0.2) is 0 Å². The van der Waals surface area contributed by atoms with Crippen LogP contribution >= 0.6 is 11.6 Å². The lowest BCUT2D eigenvalue weighted by molar-refractivity contribution is 1.21. The summed E-state index contributed by atoms with van der Waals surface area (Å²) in [6.07, 6.45) is 5.44. The van der Waals surface area contributed by atoms with Crippen LogP contribution in [0.1, 0.15) is 11.1 Å². The highest BCUT2D eigenvalue weighted by Gasteiger charge is 1.93. The highest BCUT2D eigenvalue weighted by Crippen LogP contribution is 2.15. The summed E-state index contributed by atoms with van der Waals surface area (Å²) < 4.78 is 0. The average Bonchev–Trinajstić information content (AvgIpc) is 2.09. The van der Waals surface area contributed by atoms with E-state index in [2.05, 4.69) is 11.9 Å². The zero-order valence-corrected chi connectivity index (χ0v) is 8.31. The smallest absolute Gasteiger partial charge is 0.0409 e. The van der Waals surface area contributed by atoms with Gasteiger partial charge in [0.2, 0.25) is 0 Å². The van der Waals surface area contributed by atoms with Gasteiger partial charge in [0.25, 0.3) is 0 Å². The number of nitrogens with one attached hydrogen (secondary N) is 1. The highest BCUT2D eigenvalue weighted by molar-refractivity contribution is 6.30. The Morgan fingerprint density at radius 3 is 2.85 bits per heavy atom. The molecule has 1 aromatic carbocycles. The highest BCUT2D eigenvalue weighted by atomic mass is 35.5. The maximum Gasteiger partial charge on any atom is 0.0409 e. The molecular formula is C11H12ClN. The summed E-state index contributed by atoms with van der Waals surface area (Å²) in [5, 5.41) is 3.66. The van der Waals surface area contributed by atoms with Crippen molar-refractivity contribution in [3.63, 3.8) is 0 Å². The van der Waals surface area contributed by atoms with Crippen LogP contribution in [0.15, 0.2) is 37.2 Å². The summed E-state index contributed by atoms with van der Waals surface area (Å²) in [6.45, 7) is 5.57. The molecule has 1 N–H and O–H groups in total. The molecule has 1 rings (SSSR count). The van der Waals surface area contributed by atoms with Gasteiger partial charge < -0.3 is 5.32 Å². The monoisotopic (exact) mass is 193 g/mol. The maximum absolute atomic E-state index is 5.82. The van der Waals surface area contributed by atoms with Gasteiger partial charge in [0, 0.05) is 11.2 Å². The molecule has 0 fully saturated rings. The molecule has 2 heteroatoms. The fourth-order valence-electron chi connectivity index (χ4n) is 1.03. The summed E-state index contributed by atoms with van der Waals surface area (Å²) in [6, 6.07) is 5.80. The molecule has 0 amide bonds. The molecule has 0 atom stereocenters. The van der Waals surface area contributed by atoms with Gasteiger partial charge >= 0.3 is 0 Å². The van der Waals surface area contributed by atoms with Crippen molar-refractivity contribution >= 4 is 17.7 Å². The molecule has 13 heavy (non-hydrogen) atoms. The van der Waals surface area contributed by atoms with Gasteiger partial charge in [-0.05, 0) is 42.5 Å². The van der Waals surface area contributed by atoms with Crippen LogP contribution < -0.4 is 5.32 Å². The first-order valence-electron chi connectivity index (χ1n) is 4.03. The molecule has 68 valence electrons. The first-order valence-corrected chi connectivity index (χ1v) is 4.41. The summed E-state index contributed by atoms with van der Waals surface area (Å²) in [4.78, 5) is 0. The summed E-state index contributed by atoms with van der Waals surface area (Å²) in [5.41, 5.74) is 2.31. The predicted octanol–water partition coefficient (Wildman–Crippen LogP) is 3.35. The van der Waals surface area contributed by atoms with Crippen molar-refractivity contribution in [3.05, 3.63) is 53.3 Å². The van der Waals surface area contributed by atoms with E-state index < -0.39 is 0 Å². The summed E-state index contributed by atoms with van der Waals surface area (Å²) in [5.74, 6) is 0. The van der Waals surface area contributed by atoms with E-state index in [1.54, 1.807) is 6.20 Å². The Labute approximate surface area is 83.7 Å². The number of hydrogen-bond acceptors (Lipinski definition) is 1. The number of halogens is 1. The third kappa shape index (κ3) is 2.96. The summed E-state index contributed by atoms with van der Waals surface area (Å²) in [7, 11) is 0. The quantitative estimate of drug-likeness (QED) is 0.777. The molecule has 1 nitrogen and oxygen atoms in total. The molecule has 0 saturated heterocycles. The fourth-order valence-corrected chi connectivity index (χ4v) is 1.26. The molecule has 0 bridgehead atoms. The third-order valence-corrected chi connectivity index (χ3v) is 1.94. The molecule has 0 unspecified atom stereocenters. The third-order valence-electron chi connectivity index (χ3n) is 1.71. The van der Waals surface area contributed by atoms with Crippen LogP contribution in [0.2, 0.25) is 5.02 Å². The normalized spacial score (nSPS) is 10.3. The average molecular weight is 194 g/mol.